The SMILES string of the molecule is CN(C)C1(CNC(=O)c2c[nH]c(=O)c(Cl)c2)CCCCC1. The van der Waals surface area contributed by atoms with Crippen LogP contribution in [0.4, 0.5) is 0 Å². The molecule has 21 heavy (non-hydrogen) atoms. The maximum Gasteiger partial charge on any atom is 0.266 e. The number of amides is 1. The van der Waals surface area contributed by atoms with E-state index in [9.17, 15) is 9.59 Å². The molecule has 0 bridgehead atoms. The molecule has 116 valence electrons. The van der Waals surface area contributed by atoms with E-state index in [0.29, 0.717) is 12.1 Å². The number of hydrogen-bond donors (Lipinski definition) is 2. The Bertz CT molecular complexity index is 562. The number of aromatic nitrogens is 1. The molecule has 0 spiro atoms. The molecule has 0 saturated heterocycles. The van der Waals surface area contributed by atoms with Crippen LogP contribution in [0.3, 0.4) is 0 Å². The first-order chi connectivity index (χ1) is 9.94. The van der Waals surface area contributed by atoms with Crippen LogP contribution in [0, 0.1) is 0 Å². The first kappa shape index (κ1) is 16.0. The van der Waals surface area contributed by atoms with Crippen LogP contribution in [0.2, 0.25) is 5.02 Å². The van der Waals surface area contributed by atoms with Gasteiger partial charge in [-0.15, -0.1) is 0 Å². The summed E-state index contributed by atoms with van der Waals surface area (Å²) in [6.07, 6.45) is 7.22. The number of nitrogens with one attached hydrogen (secondary N) is 2. The van der Waals surface area contributed by atoms with Gasteiger partial charge in [0.2, 0.25) is 0 Å². The fourth-order valence-electron chi connectivity index (χ4n) is 2.93. The van der Waals surface area contributed by atoms with E-state index in [0.717, 1.165) is 12.8 Å². The van der Waals surface area contributed by atoms with Crippen LogP contribution in [0.5, 0.6) is 0 Å². The van der Waals surface area contributed by atoms with Crippen molar-refractivity contribution in [1.29, 1.82) is 0 Å². The van der Waals surface area contributed by atoms with E-state index >= 15 is 0 Å². The number of aromatic amines is 1. The van der Waals surface area contributed by atoms with Crippen molar-refractivity contribution in [3.8, 4) is 0 Å². The molecule has 5 nitrogen and oxygen atoms in total. The van der Waals surface area contributed by atoms with Gasteiger partial charge in [0, 0.05) is 18.3 Å². The average Bonchev–Trinajstić information content (AvgIpc) is 2.48. The number of nitrogens with zero attached hydrogens (tertiary/aromatic N) is 1. The number of rotatable bonds is 4. The standard InChI is InChI=1S/C15H22ClN3O2/c1-19(2)15(6-4-3-5-7-15)10-18-13(20)11-8-12(16)14(21)17-9-11/h8-9H,3-7,10H2,1-2H3,(H,17,21)(H,18,20). The molecule has 6 heteroatoms. The van der Waals surface area contributed by atoms with Crippen molar-refractivity contribution in [2.24, 2.45) is 0 Å². The highest BCUT2D eigenvalue weighted by Gasteiger charge is 2.34. The molecular formula is C15H22ClN3O2. The van der Waals surface area contributed by atoms with Crippen LogP contribution in [0.25, 0.3) is 0 Å². The number of halogens is 1. The summed E-state index contributed by atoms with van der Waals surface area (Å²) in [7, 11) is 4.13. The van der Waals surface area contributed by atoms with Crippen molar-refractivity contribution in [3.05, 3.63) is 33.2 Å². The number of H-pyrrole nitrogens is 1. The molecular weight excluding hydrogens is 290 g/mol. The average molecular weight is 312 g/mol. The van der Waals surface area contributed by atoms with Crippen LogP contribution < -0.4 is 10.9 Å². The molecule has 1 amide bonds. The molecule has 0 atom stereocenters. The molecule has 0 aliphatic heterocycles. The molecule has 2 rings (SSSR count). The van der Waals surface area contributed by atoms with E-state index in [2.05, 4.69) is 29.3 Å². The van der Waals surface area contributed by atoms with Crippen LogP contribution in [-0.4, -0.2) is 42.0 Å². The molecule has 1 saturated carbocycles. The van der Waals surface area contributed by atoms with Crippen LogP contribution >= 0.6 is 11.6 Å². The minimum absolute atomic E-state index is 0.0277. The lowest BCUT2D eigenvalue weighted by molar-refractivity contribution is 0.0799. The maximum atomic E-state index is 12.2. The van der Waals surface area contributed by atoms with Crippen molar-refractivity contribution < 1.29 is 4.79 Å². The Labute approximate surface area is 129 Å². The first-order valence-electron chi connectivity index (χ1n) is 7.28. The van der Waals surface area contributed by atoms with Gasteiger partial charge in [0.25, 0.3) is 11.5 Å². The predicted octanol–water partition coefficient (Wildman–Crippen LogP) is 2.02. The van der Waals surface area contributed by atoms with E-state index in [4.69, 9.17) is 11.6 Å². The Kier molecular flexibility index (Phi) is 5.06. The van der Waals surface area contributed by atoms with Crippen molar-refractivity contribution in [3.63, 3.8) is 0 Å². The van der Waals surface area contributed by atoms with Gasteiger partial charge >= 0.3 is 0 Å². The zero-order chi connectivity index (χ0) is 15.5. The van der Waals surface area contributed by atoms with E-state index in [1.54, 1.807) is 0 Å². The van der Waals surface area contributed by atoms with E-state index in [1.165, 1.54) is 31.5 Å². The number of likely N-dealkylation sites (N-methyl/N-ethyl adjacent to an activating group) is 1. The van der Waals surface area contributed by atoms with Gasteiger partial charge in [0.1, 0.15) is 5.02 Å². The summed E-state index contributed by atoms with van der Waals surface area (Å²) in [5, 5.41) is 3.01. The van der Waals surface area contributed by atoms with E-state index in [1.807, 2.05) is 0 Å². The lowest BCUT2D eigenvalue weighted by Crippen LogP contribution is -2.53. The minimum Gasteiger partial charge on any atom is -0.350 e. The Hall–Kier alpha value is -1.33. The van der Waals surface area contributed by atoms with Crippen LogP contribution in [0.15, 0.2) is 17.1 Å². The smallest absolute Gasteiger partial charge is 0.266 e. The second-order valence-corrected chi connectivity index (χ2v) is 6.33. The molecule has 1 aromatic rings. The van der Waals surface area contributed by atoms with Gasteiger partial charge in [-0.05, 0) is 33.0 Å². The molecule has 1 heterocycles. The molecule has 2 N–H and O–H groups in total. The largest absolute Gasteiger partial charge is 0.350 e. The van der Waals surface area contributed by atoms with Gasteiger partial charge in [-0.3, -0.25) is 9.59 Å². The summed E-state index contributed by atoms with van der Waals surface area (Å²) < 4.78 is 0. The summed E-state index contributed by atoms with van der Waals surface area (Å²) in [6, 6.07) is 1.40. The first-order valence-corrected chi connectivity index (χ1v) is 7.66. The molecule has 1 aromatic heterocycles. The topological polar surface area (TPSA) is 65.2 Å². The number of pyridine rings is 1. The Morgan fingerprint density at radius 2 is 2.05 bits per heavy atom. The highest BCUT2D eigenvalue weighted by Crippen LogP contribution is 2.31. The summed E-state index contributed by atoms with van der Waals surface area (Å²) in [5.41, 5.74) is 0.0226. The van der Waals surface area contributed by atoms with Crippen molar-refractivity contribution in [2.45, 2.75) is 37.6 Å². The molecule has 0 aromatic carbocycles. The lowest BCUT2D eigenvalue weighted by Gasteiger charge is -2.43. The number of carbonyl (C=O) groups excluding carboxylic acids is 1. The molecule has 1 fully saturated rings. The zero-order valence-corrected chi connectivity index (χ0v) is 13.3. The van der Waals surface area contributed by atoms with Crippen LogP contribution in [-0.2, 0) is 0 Å². The zero-order valence-electron chi connectivity index (χ0n) is 12.5. The van der Waals surface area contributed by atoms with Gasteiger partial charge in [0.05, 0.1) is 5.56 Å². The lowest BCUT2D eigenvalue weighted by atomic mass is 9.80. The monoisotopic (exact) mass is 311 g/mol. The number of carbonyl (C=O) groups is 1. The van der Waals surface area contributed by atoms with E-state index in [-0.39, 0.29) is 22.0 Å². The normalized spacial score (nSPS) is 17.7. The maximum absolute atomic E-state index is 12.2. The molecule has 0 radical (unpaired) electrons. The summed E-state index contributed by atoms with van der Waals surface area (Å²) in [4.78, 5) is 28.1. The van der Waals surface area contributed by atoms with Gasteiger partial charge in [-0.25, -0.2) is 0 Å². The van der Waals surface area contributed by atoms with Crippen molar-refractivity contribution in [2.75, 3.05) is 20.6 Å². The molecule has 0 unspecified atom stereocenters. The molecule has 1 aliphatic rings. The van der Waals surface area contributed by atoms with Gasteiger partial charge in [-0.1, -0.05) is 30.9 Å². The third-order valence-corrected chi connectivity index (χ3v) is 4.71. The van der Waals surface area contributed by atoms with Gasteiger partial charge in [-0.2, -0.15) is 0 Å². The number of hydrogen-bond acceptors (Lipinski definition) is 3. The second-order valence-electron chi connectivity index (χ2n) is 5.93. The highest BCUT2D eigenvalue weighted by molar-refractivity contribution is 6.30. The summed E-state index contributed by atoms with van der Waals surface area (Å²) in [6.45, 7) is 0.607. The fraction of sp³-hybridized carbons (Fsp3) is 0.600. The van der Waals surface area contributed by atoms with Gasteiger partial charge < -0.3 is 15.2 Å². The Morgan fingerprint density at radius 1 is 1.38 bits per heavy atom. The van der Waals surface area contributed by atoms with Crippen LogP contribution in [0.1, 0.15) is 42.5 Å². The fourth-order valence-corrected chi connectivity index (χ4v) is 3.10. The Morgan fingerprint density at radius 3 is 2.62 bits per heavy atom. The summed E-state index contributed by atoms with van der Waals surface area (Å²) >= 11 is 5.75. The molecule has 1 aliphatic carbocycles. The van der Waals surface area contributed by atoms with Crippen molar-refractivity contribution >= 4 is 17.5 Å². The van der Waals surface area contributed by atoms with E-state index < -0.39 is 0 Å². The third kappa shape index (κ3) is 3.66. The minimum atomic E-state index is -0.384. The predicted molar refractivity (Wildman–Crippen MR) is 83.9 cm³/mol. The van der Waals surface area contributed by atoms with Gasteiger partial charge in [0.15, 0.2) is 0 Å². The quantitative estimate of drug-likeness (QED) is 0.894. The highest BCUT2D eigenvalue weighted by atomic mass is 35.5. The Balaban J connectivity index is 2.05. The van der Waals surface area contributed by atoms with Crippen molar-refractivity contribution in [1.82, 2.24) is 15.2 Å². The summed E-state index contributed by atoms with van der Waals surface area (Å²) in [5.74, 6) is -0.208. The second kappa shape index (κ2) is 6.62. The third-order valence-electron chi connectivity index (χ3n) is 4.43.